The molecule has 2 rings (SSSR count). The third-order valence-electron chi connectivity index (χ3n) is 5.49. The van der Waals surface area contributed by atoms with Gasteiger partial charge in [-0.3, -0.25) is 14.5 Å². The summed E-state index contributed by atoms with van der Waals surface area (Å²) >= 11 is 0. The van der Waals surface area contributed by atoms with Crippen LogP contribution in [0.5, 0.6) is 0 Å². The van der Waals surface area contributed by atoms with Crippen LogP contribution in [0.1, 0.15) is 52.4 Å². The highest BCUT2D eigenvalue weighted by Crippen LogP contribution is 2.32. The predicted octanol–water partition coefficient (Wildman–Crippen LogP) is 1.96. The van der Waals surface area contributed by atoms with Gasteiger partial charge in [0.05, 0.1) is 5.41 Å². The molecule has 1 amide bonds. The van der Waals surface area contributed by atoms with E-state index in [0.29, 0.717) is 18.9 Å². The average molecular weight is 296 g/mol. The number of carbonyl (C=O) groups excluding carboxylic acids is 1. The van der Waals surface area contributed by atoms with Crippen LogP contribution in [0, 0.1) is 5.41 Å². The van der Waals surface area contributed by atoms with Crippen LogP contribution in [0.25, 0.3) is 0 Å². The average Bonchev–Trinajstić information content (AvgIpc) is 2.51. The quantitative estimate of drug-likeness (QED) is 0.842. The smallest absolute Gasteiger partial charge is 0.310 e. The summed E-state index contributed by atoms with van der Waals surface area (Å²) in [6, 6.07) is 0.485. The van der Waals surface area contributed by atoms with E-state index < -0.39 is 11.4 Å². The van der Waals surface area contributed by atoms with Gasteiger partial charge >= 0.3 is 5.97 Å². The topological polar surface area (TPSA) is 60.9 Å². The Bertz CT molecular complexity index is 393. The second kappa shape index (κ2) is 6.77. The van der Waals surface area contributed by atoms with Gasteiger partial charge in [-0.25, -0.2) is 0 Å². The van der Waals surface area contributed by atoms with Gasteiger partial charge in [-0.05, 0) is 32.2 Å². The summed E-state index contributed by atoms with van der Waals surface area (Å²) in [5.74, 6) is -0.816. The van der Waals surface area contributed by atoms with Gasteiger partial charge in [0.1, 0.15) is 0 Å². The molecular weight excluding hydrogens is 268 g/mol. The predicted molar refractivity (Wildman–Crippen MR) is 81.1 cm³/mol. The number of nitrogens with zero attached hydrogens (tertiary/aromatic N) is 2. The number of amides is 1. The first-order chi connectivity index (χ1) is 10.0. The minimum absolute atomic E-state index is 0.0197. The van der Waals surface area contributed by atoms with Crippen molar-refractivity contribution in [2.75, 3.05) is 26.2 Å². The summed E-state index contributed by atoms with van der Waals surface area (Å²) in [4.78, 5) is 28.5. The number of piperazine rings is 1. The van der Waals surface area contributed by atoms with Crippen molar-refractivity contribution < 1.29 is 14.7 Å². The zero-order valence-corrected chi connectivity index (χ0v) is 13.3. The van der Waals surface area contributed by atoms with Gasteiger partial charge in [-0.15, -0.1) is 0 Å². The molecule has 0 aromatic heterocycles. The molecule has 0 aromatic rings. The summed E-state index contributed by atoms with van der Waals surface area (Å²) in [7, 11) is 0. The van der Waals surface area contributed by atoms with E-state index in [2.05, 4.69) is 4.90 Å². The third-order valence-corrected chi connectivity index (χ3v) is 5.49. The minimum atomic E-state index is -0.888. The summed E-state index contributed by atoms with van der Waals surface area (Å²) in [5.41, 5.74) is -0.888. The molecule has 1 N–H and O–H groups in total. The highest BCUT2D eigenvalue weighted by Gasteiger charge is 2.40. The second-order valence-electron chi connectivity index (χ2n) is 6.49. The number of carbonyl (C=O) groups is 2. The van der Waals surface area contributed by atoms with Crippen LogP contribution in [0.2, 0.25) is 0 Å². The van der Waals surface area contributed by atoms with E-state index in [4.69, 9.17) is 0 Å². The van der Waals surface area contributed by atoms with E-state index in [9.17, 15) is 14.7 Å². The molecule has 0 aromatic carbocycles. The highest BCUT2D eigenvalue weighted by atomic mass is 16.4. The lowest BCUT2D eigenvalue weighted by Gasteiger charge is -2.44. The van der Waals surface area contributed by atoms with Crippen molar-refractivity contribution in [3.63, 3.8) is 0 Å². The third kappa shape index (κ3) is 3.39. The molecule has 2 fully saturated rings. The molecule has 0 bridgehead atoms. The number of piperidine rings is 1. The van der Waals surface area contributed by atoms with Crippen LogP contribution in [0.4, 0.5) is 0 Å². The zero-order chi connectivity index (χ0) is 15.5. The molecule has 21 heavy (non-hydrogen) atoms. The van der Waals surface area contributed by atoms with E-state index in [1.165, 1.54) is 12.8 Å². The lowest BCUT2D eigenvalue weighted by Crippen LogP contribution is -2.56. The second-order valence-corrected chi connectivity index (χ2v) is 6.49. The van der Waals surface area contributed by atoms with Crippen molar-refractivity contribution in [3.8, 4) is 0 Å². The van der Waals surface area contributed by atoms with Gasteiger partial charge in [-0.1, -0.05) is 20.3 Å². The van der Waals surface area contributed by atoms with E-state index in [-0.39, 0.29) is 12.3 Å². The molecule has 5 nitrogen and oxygen atoms in total. The van der Waals surface area contributed by atoms with Crippen LogP contribution >= 0.6 is 0 Å². The molecule has 1 atom stereocenters. The largest absolute Gasteiger partial charge is 0.481 e. The van der Waals surface area contributed by atoms with Crippen molar-refractivity contribution >= 4 is 11.9 Å². The molecule has 5 heteroatoms. The van der Waals surface area contributed by atoms with Gasteiger partial charge in [0.2, 0.25) is 5.91 Å². The fourth-order valence-electron chi connectivity index (χ4n) is 3.66. The molecule has 2 heterocycles. The van der Waals surface area contributed by atoms with Crippen molar-refractivity contribution in [3.05, 3.63) is 0 Å². The Balaban J connectivity index is 1.98. The van der Waals surface area contributed by atoms with Crippen LogP contribution in [-0.2, 0) is 9.59 Å². The maximum absolute atomic E-state index is 12.6. The summed E-state index contributed by atoms with van der Waals surface area (Å²) < 4.78 is 0. The monoisotopic (exact) mass is 296 g/mol. The Hall–Kier alpha value is -1.10. The van der Waals surface area contributed by atoms with Gasteiger partial charge in [0, 0.05) is 32.1 Å². The molecule has 0 saturated carbocycles. The molecule has 2 aliphatic heterocycles. The van der Waals surface area contributed by atoms with Crippen LogP contribution in [-0.4, -0.2) is 59.0 Å². The summed E-state index contributed by atoms with van der Waals surface area (Å²) in [6.45, 7) is 7.35. The first-order valence-corrected chi connectivity index (χ1v) is 8.27. The normalized spacial score (nSPS) is 23.7. The maximum Gasteiger partial charge on any atom is 0.310 e. The lowest BCUT2D eigenvalue weighted by atomic mass is 9.78. The molecule has 120 valence electrons. The number of hydrogen-bond acceptors (Lipinski definition) is 3. The Labute approximate surface area is 127 Å². The van der Waals surface area contributed by atoms with Crippen molar-refractivity contribution in [2.24, 2.45) is 5.41 Å². The molecule has 2 saturated heterocycles. The van der Waals surface area contributed by atoms with E-state index in [0.717, 1.165) is 32.6 Å². The number of rotatable bonds is 5. The Morgan fingerprint density at radius 2 is 1.86 bits per heavy atom. The van der Waals surface area contributed by atoms with Crippen molar-refractivity contribution in [2.45, 2.75) is 58.4 Å². The fourth-order valence-corrected chi connectivity index (χ4v) is 3.66. The van der Waals surface area contributed by atoms with Crippen molar-refractivity contribution in [1.29, 1.82) is 0 Å². The van der Waals surface area contributed by atoms with Crippen LogP contribution in [0.3, 0.4) is 0 Å². The molecule has 0 spiro atoms. The summed E-state index contributed by atoms with van der Waals surface area (Å²) in [6.07, 6.45) is 4.82. The van der Waals surface area contributed by atoms with Crippen LogP contribution in [0.15, 0.2) is 0 Å². The van der Waals surface area contributed by atoms with Gasteiger partial charge in [-0.2, -0.15) is 0 Å². The number of hydrogen-bond donors (Lipinski definition) is 1. The van der Waals surface area contributed by atoms with Gasteiger partial charge < -0.3 is 10.0 Å². The molecule has 1 unspecified atom stereocenters. The van der Waals surface area contributed by atoms with E-state index in [1.807, 2.05) is 18.7 Å². The number of carboxylic acids is 1. The fraction of sp³-hybridized carbons (Fsp3) is 0.875. The Kier molecular flexibility index (Phi) is 5.25. The Morgan fingerprint density at radius 3 is 2.48 bits per heavy atom. The Morgan fingerprint density at radius 1 is 1.14 bits per heavy atom. The molecule has 0 aliphatic carbocycles. The van der Waals surface area contributed by atoms with Crippen molar-refractivity contribution in [1.82, 2.24) is 9.80 Å². The standard InChI is InChI=1S/C16H28N2O3/c1-3-16(4-2,15(20)21)11-14(19)18-10-9-17-8-6-5-7-13(17)12-18/h13H,3-12H2,1-2H3,(H,20,21). The summed E-state index contributed by atoms with van der Waals surface area (Å²) in [5, 5.41) is 9.48. The molecule has 0 radical (unpaired) electrons. The number of carboxylic acid groups (broad SMARTS) is 1. The lowest BCUT2D eigenvalue weighted by molar-refractivity contribution is -0.155. The number of fused-ring (bicyclic) bond motifs is 1. The zero-order valence-electron chi connectivity index (χ0n) is 13.3. The number of aliphatic carboxylic acids is 1. The first-order valence-electron chi connectivity index (χ1n) is 8.27. The molecule has 2 aliphatic rings. The minimum Gasteiger partial charge on any atom is -0.481 e. The highest BCUT2D eigenvalue weighted by molar-refractivity contribution is 5.85. The molecular formula is C16H28N2O3. The first kappa shape index (κ1) is 16.3. The maximum atomic E-state index is 12.6. The van der Waals surface area contributed by atoms with Gasteiger partial charge in [0.15, 0.2) is 0 Å². The van der Waals surface area contributed by atoms with E-state index >= 15 is 0 Å². The van der Waals surface area contributed by atoms with Crippen LogP contribution < -0.4 is 0 Å². The van der Waals surface area contributed by atoms with Gasteiger partial charge in [0.25, 0.3) is 0 Å². The SMILES string of the molecule is CCC(CC)(CC(=O)N1CCN2CCCCC2C1)C(=O)O. The van der Waals surface area contributed by atoms with E-state index in [1.54, 1.807) is 0 Å².